The molecule has 11 heteroatoms. The zero-order chi connectivity index (χ0) is 30.6. The lowest BCUT2D eigenvalue weighted by Crippen LogP contribution is -2.29. The number of rotatable bonds is 9. The second-order valence-electron chi connectivity index (χ2n) is 9.65. The number of anilines is 1. The van der Waals surface area contributed by atoms with E-state index in [1.807, 2.05) is 54.6 Å². The Kier molecular flexibility index (Phi) is 8.65. The van der Waals surface area contributed by atoms with Gasteiger partial charge in [0.1, 0.15) is 23.0 Å². The second kappa shape index (κ2) is 12.9. The van der Waals surface area contributed by atoms with E-state index in [1.165, 1.54) is 35.1 Å². The van der Waals surface area contributed by atoms with Crippen LogP contribution in [0.25, 0.3) is 5.76 Å². The summed E-state index contributed by atoms with van der Waals surface area (Å²) in [7, 11) is 1.54. The summed E-state index contributed by atoms with van der Waals surface area (Å²) >= 11 is 8.65. The van der Waals surface area contributed by atoms with Gasteiger partial charge in [0.25, 0.3) is 5.78 Å². The zero-order valence-corrected chi connectivity index (χ0v) is 25.6. The standard InChI is InChI=1S/C33H24ClN3O5S2/c1-41-24-16-12-21(13-17-24)29(38)27-28(22-6-5-9-26(18-22)42-25-7-3-2-4-8-25)37(31(40)30(27)39)32-35-36-33(44-32)43-19-20-10-14-23(34)15-11-20/h2-18,28,38H,19H2,1H3/b29-27-. The quantitative estimate of drug-likeness (QED) is 0.0570. The molecule has 5 aromatic rings. The number of aliphatic hydroxyl groups excluding tert-OH is 1. The van der Waals surface area contributed by atoms with Crippen molar-refractivity contribution in [3.63, 3.8) is 0 Å². The molecule has 0 aliphatic carbocycles. The molecule has 1 aliphatic rings. The molecular formula is C33H24ClN3O5S2. The number of ketones is 1. The number of ether oxygens (including phenoxy) is 2. The van der Waals surface area contributed by atoms with E-state index in [4.69, 9.17) is 21.1 Å². The lowest BCUT2D eigenvalue weighted by atomic mass is 9.95. The molecule has 2 heterocycles. The van der Waals surface area contributed by atoms with Crippen LogP contribution in [0.2, 0.25) is 5.02 Å². The number of carbonyl (C=O) groups is 2. The number of benzene rings is 4. The van der Waals surface area contributed by atoms with Crippen LogP contribution in [0.15, 0.2) is 113 Å². The van der Waals surface area contributed by atoms with Gasteiger partial charge in [0, 0.05) is 16.3 Å². The summed E-state index contributed by atoms with van der Waals surface area (Å²) < 4.78 is 11.9. The maximum absolute atomic E-state index is 13.6. The first kappa shape index (κ1) is 29.4. The monoisotopic (exact) mass is 641 g/mol. The van der Waals surface area contributed by atoms with Crippen molar-refractivity contribution in [2.75, 3.05) is 12.0 Å². The molecule has 0 bridgehead atoms. The molecule has 1 unspecified atom stereocenters. The molecule has 1 aromatic heterocycles. The highest BCUT2D eigenvalue weighted by atomic mass is 35.5. The van der Waals surface area contributed by atoms with Gasteiger partial charge in [-0.15, -0.1) is 10.2 Å². The van der Waals surface area contributed by atoms with E-state index in [2.05, 4.69) is 10.2 Å². The number of aromatic nitrogens is 2. The van der Waals surface area contributed by atoms with Crippen molar-refractivity contribution in [2.45, 2.75) is 16.1 Å². The third-order valence-electron chi connectivity index (χ3n) is 6.84. The first-order chi connectivity index (χ1) is 21.4. The predicted octanol–water partition coefficient (Wildman–Crippen LogP) is 7.91. The Morgan fingerprint density at radius 2 is 1.64 bits per heavy atom. The van der Waals surface area contributed by atoms with E-state index in [0.29, 0.717) is 43.5 Å². The number of para-hydroxylation sites is 1. The van der Waals surface area contributed by atoms with Crippen molar-refractivity contribution in [3.05, 3.63) is 130 Å². The van der Waals surface area contributed by atoms with Gasteiger partial charge in [0.15, 0.2) is 4.34 Å². The van der Waals surface area contributed by atoms with Crippen LogP contribution >= 0.6 is 34.7 Å². The molecular weight excluding hydrogens is 618 g/mol. The van der Waals surface area contributed by atoms with Gasteiger partial charge in [0.2, 0.25) is 5.13 Å². The molecule has 0 radical (unpaired) electrons. The maximum atomic E-state index is 13.6. The van der Waals surface area contributed by atoms with Crippen molar-refractivity contribution in [1.29, 1.82) is 0 Å². The van der Waals surface area contributed by atoms with Crippen molar-refractivity contribution in [3.8, 4) is 17.2 Å². The molecule has 1 saturated heterocycles. The fraction of sp³-hybridized carbons (Fsp3) is 0.0909. The van der Waals surface area contributed by atoms with Gasteiger partial charge in [-0.3, -0.25) is 14.5 Å². The Morgan fingerprint density at radius 3 is 2.36 bits per heavy atom. The number of methoxy groups -OCH3 is 1. The lowest BCUT2D eigenvalue weighted by Gasteiger charge is -2.23. The Hall–Kier alpha value is -4.64. The maximum Gasteiger partial charge on any atom is 0.301 e. The SMILES string of the molecule is COc1ccc(/C(O)=C2/C(=O)C(=O)N(c3nnc(SCc4ccc(Cl)cc4)s3)C2c2cccc(Oc3ccccc3)c2)cc1. The fourth-order valence-electron chi connectivity index (χ4n) is 4.71. The van der Waals surface area contributed by atoms with E-state index in [0.717, 1.165) is 5.56 Å². The molecule has 1 amide bonds. The van der Waals surface area contributed by atoms with Crippen molar-refractivity contribution in [1.82, 2.24) is 10.2 Å². The average Bonchev–Trinajstić information content (AvgIpc) is 3.62. The zero-order valence-electron chi connectivity index (χ0n) is 23.2. The molecule has 0 spiro atoms. The number of carbonyl (C=O) groups excluding carboxylic acids is 2. The van der Waals surface area contributed by atoms with Crippen LogP contribution in [-0.4, -0.2) is 34.1 Å². The molecule has 0 saturated carbocycles. The highest BCUT2D eigenvalue weighted by Crippen LogP contribution is 2.45. The van der Waals surface area contributed by atoms with Gasteiger partial charge in [-0.2, -0.15) is 0 Å². The number of thioether (sulfide) groups is 1. The third-order valence-corrected chi connectivity index (χ3v) is 9.22. The molecule has 4 aromatic carbocycles. The molecule has 1 atom stereocenters. The number of amides is 1. The number of aliphatic hydroxyl groups is 1. The summed E-state index contributed by atoms with van der Waals surface area (Å²) in [4.78, 5) is 28.5. The highest BCUT2D eigenvalue weighted by molar-refractivity contribution is 8.00. The topological polar surface area (TPSA) is 102 Å². The van der Waals surface area contributed by atoms with Gasteiger partial charge in [-0.25, -0.2) is 0 Å². The summed E-state index contributed by atoms with van der Waals surface area (Å²) in [5, 5.41) is 20.9. The minimum absolute atomic E-state index is 0.0670. The Balaban J connectivity index is 1.39. The minimum atomic E-state index is -0.988. The summed E-state index contributed by atoms with van der Waals surface area (Å²) in [6.07, 6.45) is 0. The van der Waals surface area contributed by atoms with Crippen LogP contribution in [0, 0.1) is 0 Å². The third kappa shape index (κ3) is 6.19. The van der Waals surface area contributed by atoms with Crippen LogP contribution in [0.5, 0.6) is 17.2 Å². The first-order valence-electron chi connectivity index (χ1n) is 13.4. The fourth-order valence-corrected chi connectivity index (χ4v) is 6.66. The van der Waals surface area contributed by atoms with Gasteiger partial charge < -0.3 is 14.6 Å². The molecule has 1 N–H and O–H groups in total. The van der Waals surface area contributed by atoms with Crippen LogP contribution in [0.1, 0.15) is 22.7 Å². The van der Waals surface area contributed by atoms with Crippen molar-refractivity contribution in [2.24, 2.45) is 0 Å². The van der Waals surface area contributed by atoms with Crippen LogP contribution < -0.4 is 14.4 Å². The first-order valence-corrected chi connectivity index (χ1v) is 15.6. The molecule has 1 aliphatic heterocycles. The molecule has 44 heavy (non-hydrogen) atoms. The molecule has 1 fully saturated rings. The highest BCUT2D eigenvalue weighted by Gasteiger charge is 2.48. The van der Waals surface area contributed by atoms with E-state index in [1.54, 1.807) is 48.5 Å². The van der Waals surface area contributed by atoms with Crippen molar-refractivity contribution >= 4 is 57.3 Å². The predicted molar refractivity (Wildman–Crippen MR) is 172 cm³/mol. The normalized spacial score (nSPS) is 15.9. The van der Waals surface area contributed by atoms with E-state index < -0.39 is 17.7 Å². The van der Waals surface area contributed by atoms with Gasteiger partial charge >= 0.3 is 5.91 Å². The van der Waals surface area contributed by atoms with E-state index in [9.17, 15) is 14.7 Å². The average molecular weight is 642 g/mol. The van der Waals surface area contributed by atoms with Crippen LogP contribution in [0.4, 0.5) is 5.13 Å². The number of nitrogens with zero attached hydrogens (tertiary/aromatic N) is 3. The summed E-state index contributed by atoms with van der Waals surface area (Å²) in [5.74, 6) is 0.373. The Bertz CT molecular complexity index is 1840. The molecule has 6 rings (SSSR count). The Labute approximate surface area is 266 Å². The summed E-state index contributed by atoms with van der Waals surface area (Å²) in [6, 6.07) is 29.5. The lowest BCUT2D eigenvalue weighted by molar-refractivity contribution is -0.132. The Morgan fingerprint density at radius 1 is 0.909 bits per heavy atom. The minimum Gasteiger partial charge on any atom is -0.507 e. The molecule has 220 valence electrons. The van der Waals surface area contributed by atoms with Gasteiger partial charge in [0.05, 0.1) is 18.7 Å². The van der Waals surface area contributed by atoms with Crippen molar-refractivity contribution < 1.29 is 24.2 Å². The van der Waals surface area contributed by atoms with E-state index in [-0.39, 0.29) is 16.5 Å². The second-order valence-corrected chi connectivity index (χ2v) is 12.3. The molecule has 8 nitrogen and oxygen atoms in total. The summed E-state index contributed by atoms with van der Waals surface area (Å²) in [5.41, 5.74) is 1.90. The number of hydrogen-bond acceptors (Lipinski definition) is 9. The van der Waals surface area contributed by atoms with Crippen LogP contribution in [0.3, 0.4) is 0 Å². The van der Waals surface area contributed by atoms with Gasteiger partial charge in [-0.05, 0) is 71.8 Å². The number of halogens is 1. The van der Waals surface area contributed by atoms with Crippen LogP contribution in [-0.2, 0) is 15.3 Å². The van der Waals surface area contributed by atoms with E-state index >= 15 is 0 Å². The smallest absolute Gasteiger partial charge is 0.301 e. The summed E-state index contributed by atoms with van der Waals surface area (Å²) in [6.45, 7) is 0. The van der Waals surface area contributed by atoms with Gasteiger partial charge in [-0.1, -0.05) is 77.2 Å². The number of Topliss-reactive ketones (excluding diaryl/α,β-unsaturated/α-hetero) is 1. The number of hydrogen-bond donors (Lipinski definition) is 1. The largest absolute Gasteiger partial charge is 0.507 e.